The highest BCUT2D eigenvalue weighted by Crippen LogP contribution is 2.19. The van der Waals surface area contributed by atoms with Crippen molar-refractivity contribution >= 4 is 0 Å². The number of nitrogens with two attached hydrogens (primary N) is 2. The normalized spacial score (nSPS) is 12.1. The number of halogens is 1. The average Bonchev–Trinajstić information content (AvgIpc) is 2.30. The molecule has 1 rings (SSSR count). The summed E-state index contributed by atoms with van der Waals surface area (Å²) in [7, 11) is 0. The van der Waals surface area contributed by atoms with E-state index in [0.717, 1.165) is 24.8 Å². The van der Waals surface area contributed by atoms with Gasteiger partial charge in [-0.15, -0.1) is 0 Å². The van der Waals surface area contributed by atoms with Crippen LogP contribution in [0, 0.1) is 17.1 Å². The van der Waals surface area contributed by atoms with E-state index in [2.05, 4.69) is 0 Å². The second-order valence-electron chi connectivity index (χ2n) is 3.74. The van der Waals surface area contributed by atoms with Crippen molar-refractivity contribution in [3.8, 4) is 6.07 Å². The number of nitrogens with zero attached hydrogens (tertiary/aromatic N) is 1. The molecule has 4 N–H and O–H groups in total. The molecular weight excluding hydrogens is 205 g/mol. The molecular formula is C12H16FN3. The number of benzene rings is 1. The van der Waals surface area contributed by atoms with Gasteiger partial charge in [0.15, 0.2) is 0 Å². The van der Waals surface area contributed by atoms with Crippen molar-refractivity contribution < 1.29 is 4.39 Å². The molecule has 0 spiro atoms. The fourth-order valence-electron chi connectivity index (χ4n) is 1.53. The zero-order valence-corrected chi connectivity index (χ0v) is 9.12. The first-order valence-electron chi connectivity index (χ1n) is 5.34. The minimum absolute atomic E-state index is 0.0479. The van der Waals surface area contributed by atoms with Crippen molar-refractivity contribution in [2.45, 2.75) is 25.3 Å². The first kappa shape index (κ1) is 12.6. The first-order chi connectivity index (χ1) is 7.69. The molecule has 0 radical (unpaired) electrons. The van der Waals surface area contributed by atoms with Crippen molar-refractivity contribution in [3.05, 3.63) is 35.1 Å². The summed E-state index contributed by atoms with van der Waals surface area (Å²) in [5.41, 5.74) is 12.2. The lowest BCUT2D eigenvalue weighted by molar-refractivity contribution is 0.586. The zero-order chi connectivity index (χ0) is 12.0. The molecule has 1 aromatic rings. The maximum atomic E-state index is 13.1. The van der Waals surface area contributed by atoms with Crippen LogP contribution in [0.1, 0.15) is 36.4 Å². The minimum Gasteiger partial charge on any atom is -0.330 e. The molecule has 86 valence electrons. The molecule has 0 saturated carbocycles. The minimum atomic E-state index is -0.500. The number of rotatable bonds is 5. The summed E-state index contributed by atoms with van der Waals surface area (Å²) in [6.07, 6.45) is 2.67. The Balaban J connectivity index is 2.69. The van der Waals surface area contributed by atoms with Gasteiger partial charge < -0.3 is 11.5 Å². The molecule has 0 saturated heterocycles. The molecule has 0 unspecified atom stereocenters. The van der Waals surface area contributed by atoms with Gasteiger partial charge in [0.25, 0.3) is 0 Å². The van der Waals surface area contributed by atoms with Gasteiger partial charge in [-0.2, -0.15) is 5.26 Å². The molecule has 0 aromatic heterocycles. The Hall–Kier alpha value is -1.44. The first-order valence-corrected chi connectivity index (χ1v) is 5.34. The van der Waals surface area contributed by atoms with Gasteiger partial charge in [0, 0.05) is 6.04 Å². The van der Waals surface area contributed by atoms with Gasteiger partial charge in [0.2, 0.25) is 0 Å². The summed E-state index contributed by atoms with van der Waals surface area (Å²) in [4.78, 5) is 0. The SMILES string of the molecule is N#Cc1cc([C@H](N)CCCCN)ccc1F. The summed E-state index contributed by atoms with van der Waals surface area (Å²) in [6, 6.07) is 6.09. The standard InChI is InChI=1S/C12H16FN3/c13-11-5-4-9(7-10(11)8-15)12(16)3-1-2-6-14/h4-5,7,12H,1-3,6,14,16H2/t12-/m1/s1. The molecule has 0 fully saturated rings. The molecule has 16 heavy (non-hydrogen) atoms. The zero-order valence-electron chi connectivity index (χ0n) is 9.12. The molecule has 0 aliphatic heterocycles. The fourth-order valence-corrected chi connectivity index (χ4v) is 1.53. The van der Waals surface area contributed by atoms with E-state index in [0.29, 0.717) is 6.54 Å². The van der Waals surface area contributed by atoms with E-state index in [1.165, 1.54) is 12.1 Å². The van der Waals surface area contributed by atoms with Crippen molar-refractivity contribution in [3.63, 3.8) is 0 Å². The molecule has 0 aliphatic rings. The Morgan fingerprint density at radius 2 is 2.12 bits per heavy atom. The fraction of sp³-hybridized carbons (Fsp3) is 0.417. The maximum Gasteiger partial charge on any atom is 0.140 e. The third-order valence-corrected chi connectivity index (χ3v) is 2.51. The highest BCUT2D eigenvalue weighted by Gasteiger charge is 2.09. The van der Waals surface area contributed by atoms with Crippen LogP contribution in [0.2, 0.25) is 0 Å². The van der Waals surface area contributed by atoms with E-state index in [-0.39, 0.29) is 11.6 Å². The van der Waals surface area contributed by atoms with Gasteiger partial charge in [0.1, 0.15) is 11.9 Å². The quantitative estimate of drug-likeness (QED) is 0.745. The molecule has 1 aromatic carbocycles. The highest BCUT2D eigenvalue weighted by atomic mass is 19.1. The van der Waals surface area contributed by atoms with E-state index in [1.54, 1.807) is 6.07 Å². The lowest BCUT2D eigenvalue weighted by Gasteiger charge is -2.11. The largest absolute Gasteiger partial charge is 0.330 e. The van der Waals surface area contributed by atoms with Crippen LogP contribution < -0.4 is 11.5 Å². The Morgan fingerprint density at radius 3 is 2.75 bits per heavy atom. The second kappa shape index (κ2) is 6.21. The summed E-state index contributed by atoms with van der Waals surface area (Å²) in [5.74, 6) is -0.500. The lowest BCUT2D eigenvalue weighted by Crippen LogP contribution is -2.11. The Bertz CT molecular complexity index is 384. The predicted octanol–water partition coefficient (Wildman–Crippen LogP) is 1.83. The third kappa shape index (κ3) is 3.30. The topological polar surface area (TPSA) is 75.8 Å². The van der Waals surface area contributed by atoms with E-state index in [9.17, 15) is 4.39 Å². The van der Waals surface area contributed by atoms with Crippen LogP contribution in [0.15, 0.2) is 18.2 Å². The van der Waals surface area contributed by atoms with Crippen LogP contribution in [0.4, 0.5) is 4.39 Å². The van der Waals surface area contributed by atoms with Gasteiger partial charge in [-0.05, 0) is 37.1 Å². The molecule has 0 bridgehead atoms. The van der Waals surface area contributed by atoms with E-state index in [1.807, 2.05) is 6.07 Å². The van der Waals surface area contributed by atoms with Gasteiger partial charge >= 0.3 is 0 Å². The monoisotopic (exact) mass is 221 g/mol. The number of unbranched alkanes of at least 4 members (excludes halogenated alkanes) is 1. The van der Waals surface area contributed by atoms with E-state index < -0.39 is 5.82 Å². The van der Waals surface area contributed by atoms with Gasteiger partial charge in [-0.3, -0.25) is 0 Å². The summed E-state index contributed by atoms with van der Waals surface area (Å²) < 4.78 is 13.1. The Kier molecular flexibility index (Phi) is 4.90. The summed E-state index contributed by atoms with van der Waals surface area (Å²) in [6.45, 7) is 0.652. The van der Waals surface area contributed by atoms with E-state index >= 15 is 0 Å². The third-order valence-electron chi connectivity index (χ3n) is 2.51. The smallest absolute Gasteiger partial charge is 0.140 e. The van der Waals surface area contributed by atoms with Crippen LogP contribution >= 0.6 is 0 Å². The predicted molar refractivity (Wildman–Crippen MR) is 60.9 cm³/mol. The van der Waals surface area contributed by atoms with Gasteiger partial charge in [-0.25, -0.2) is 4.39 Å². The number of nitriles is 1. The van der Waals surface area contributed by atoms with Crippen molar-refractivity contribution in [1.82, 2.24) is 0 Å². The Morgan fingerprint density at radius 1 is 1.38 bits per heavy atom. The van der Waals surface area contributed by atoms with Crippen molar-refractivity contribution in [1.29, 1.82) is 5.26 Å². The molecule has 3 nitrogen and oxygen atoms in total. The highest BCUT2D eigenvalue weighted by molar-refractivity contribution is 5.35. The van der Waals surface area contributed by atoms with Crippen molar-refractivity contribution in [2.24, 2.45) is 11.5 Å². The number of hydrogen-bond donors (Lipinski definition) is 2. The van der Waals surface area contributed by atoms with Gasteiger partial charge in [-0.1, -0.05) is 12.5 Å². The number of hydrogen-bond acceptors (Lipinski definition) is 3. The Labute approximate surface area is 94.9 Å². The molecule has 0 aliphatic carbocycles. The lowest BCUT2D eigenvalue weighted by atomic mass is 10.00. The molecule has 0 amide bonds. The van der Waals surface area contributed by atoms with Crippen LogP contribution in [0.25, 0.3) is 0 Å². The van der Waals surface area contributed by atoms with Crippen LogP contribution in [0.3, 0.4) is 0 Å². The van der Waals surface area contributed by atoms with Crippen molar-refractivity contribution in [2.75, 3.05) is 6.54 Å². The second-order valence-corrected chi connectivity index (χ2v) is 3.74. The molecule has 0 heterocycles. The average molecular weight is 221 g/mol. The molecule has 1 atom stereocenters. The van der Waals surface area contributed by atoms with Gasteiger partial charge in [0.05, 0.1) is 5.56 Å². The molecule has 4 heteroatoms. The summed E-state index contributed by atoms with van der Waals surface area (Å²) >= 11 is 0. The van der Waals surface area contributed by atoms with E-state index in [4.69, 9.17) is 16.7 Å². The van der Waals surface area contributed by atoms with Crippen LogP contribution in [0.5, 0.6) is 0 Å². The van der Waals surface area contributed by atoms with Crippen LogP contribution in [-0.4, -0.2) is 6.54 Å². The maximum absolute atomic E-state index is 13.1. The van der Waals surface area contributed by atoms with Crippen LogP contribution in [-0.2, 0) is 0 Å². The summed E-state index contributed by atoms with van der Waals surface area (Å²) in [5, 5.41) is 8.69.